The zero-order valence-electron chi connectivity index (χ0n) is 20.6. The molecule has 3 unspecified atom stereocenters. The molecule has 3 nitrogen and oxygen atoms in total. The summed E-state index contributed by atoms with van der Waals surface area (Å²) in [6.07, 6.45) is 0.943. The summed E-state index contributed by atoms with van der Waals surface area (Å²) in [4.78, 5) is 15.8. The number of benzene rings is 2. The van der Waals surface area contributed by atoms with E-state index in [4.69, 9.17) is 5.41 Å². The smallest absolute Gasteiger partial charge is 0.189 e. The first-order chi connectivity index (χ1) is 15.5. The van der Waals surface area contributed by atoms with Gasteiger partial charge in [0.25, 0.3) is 0 Å². The van der Waals surface area contributed by atoms with Crippen molar-refractivity contribution in [1.29, 1.82) is 5.41 Å². The summed E-state index contributed by atoms with van der Waals surface area (Å²) in [7, 11) is 0. The van der Waals surface area contributed by atoms with Gasteiger partial charge in [-0.1, -0.05) is 70.7 Å². The van der Waals surface area contributed by atoms with E-state index < -0.39 is 0 Å². The van der Waals surface area contributed by atoms with Crippen LogP contribution in [-0.4, -0.2) is 36.0 Å². The van der Waals surface area contributed by atoms with E-state index in [1.54, 1.807) is 25.1 Å². The Labute approximate surface area is 198 Å². The highest BCUT2D eigenvalue weighted by molar-refractivity contribution is 6.15. The van der Waals surface area contributed by atoms with Gasteiger partial charge in [-0.2, -0.15) is 0 Å². The van der Waals surface area contributed by atoms with Gasteiger partial charge in [0.15, 0.2) is 5.78 Å². The minimum Gasteiger partial charge on any atom is -0.305 e. The number of halogens is 1. The van der Waals surface area contributed by atoms with Crippen LogP contribution in [0.2, 0.25) is 0 Å². The lowest BCUT2D eigenvalue weighted by Crippen LogP contribution is -2.49. The summed E-state index contributed by atoms with van der Waals surface area (Å²) in [5, 5.41) is 8.04. The van der Waals surface area contributed by atoms with Gasteiger partial charge in [0.1, 0.15) is 5.82 Å². The predicted molar refractivity (Wildman–Crippen MR) is 135 cm³/mol. The molecular weight excluding hydrogens is 411 g/mol. The summed E-state index contributed by atoms with van der Waals surface area (Å²) in [6, 6.07) is 14.3. The molecule has 1 heterocycles. The molecule has 0 saturated carbocycles. The number of rotatable bonds is 8. The summed E-state index contributed by atoms with van der Waals surface area (Å²) >= 11 is 0. The molecule has 1 aliphatic heterocycles. The molecule has 1 saturated heterocycles. The second kappa shape index (κ2) is 10.1. The lowest BCUT2D eigenvalue weighted by Gasteiger charge is -2.46. The van der Waals surface area contributed by atoms with Crippen LogP contribution in [-0.2, 0) is 5.41 Å². The second-order valence-electron chi connectivity index (χ2n) is 10.2. The Kier molecular flexibility index (Phi) is 7.69. The van der Waals surface area contributed by atoms with Gasteiger partial charge in [-0.3, -0.25) is 4.79 Å². The van der Waals surface area contributed by atoms with Crippen LogP contribution in [0.5, 0.6) is 0 Å². The third kappa shape index (κ3) is 5.33. The molecule has 0 spiro atoms. The van der Waals surface area contributed by atoms with E-state index in [0.29, 0.717) is 28.3 Å². The van der Waals surface area contributed by atoms with Gasteiger partial charge in [0.05, 0.1) is 0 Å². The number of carbonyl (C=O) groups is 1. The quantitative estimate of drug-likeness (QED) is 0.284. The number of hydrogen-bond acceptors (Lipinski definition) is 3. The molecule has 0 radical (unpaired) electrons. The highest BCUT2D eigenvalue weighted by Gasteiger charge is 2.39. The SMILES string of the molecule is C=C(C(=O)c1ccccc1C(C)=N)C(CN1CCC(C)(c2cccc(F)c2)C(C)C1)C(C)C. The first kappa shape index (κ1) is 25.0. The lowest BCUT2D eigenvalue weighted by molar-refractivity contribution is 0.0884. The van der Waals surface area contributed by atoms with Crippen molar-refractivity contribution in [2.45, 2.75) is 46.5 Å². The molecule has 2 aromatic rings. The zero-order chi connectivity index (χ0) is 24.3. The van der Waals surface area contributed by atoms with Crippen LogP contribution in [0.4, 0.5) is 4.39 Å². The number of hydrogen-bond donors (Lipinski definition) is 1. The van der Waals surface area contributed by atoms with E-state index in [2.05, 4.69) is 39.2 Å². The number of nitrogens with one attached hydrogen (secondary N) is 1. The molecule has 2 aromatic carbocycles. The Balaban J connectivity index is 1.75. The molecule has 176 valence electrons. The van der Waals surface area contributed by atoms with Crippen molar-refractivity contribution in [2.75, 3.05) is 19.6 Å². The second-order valence-corrected chi connectivity index (χ2v) is 10.2. The Morgan fingerprint density at radius 1 is 1.21 bits per heavy atom. The molecule has 3 rings (SSSR count). The highest BCUT2D eigenvalue weighted by Crippen LogP contribution is 2.40. The molecule has 0 bridgehead atoms. The number of carbonyl (C=O) groups excluding carboxylic acids is 1. The molecule has 1 aliphatic rings. The molecule has 1 N–H and O–H groups in total. The predicted octanol–water partition coefficient (Wildman–Crippen LogP) is 6.52. The summed E-state index contributed by atoms with van der Waals surface area (Å²) in [5.74, 6) is 0.402. The van der Waals surface area contributed by atoms with Crippen molar-refractivity contribution >= 4 is 11.5 Å². The zero-order valence-corrected chi connectivity index (χ0v) is 20.6. The molecule has 4 heteroatoms. The van der Waals surface area contributed by atoms with Gasteiger partial charge in [-0.15, -0.1) is 0 Å². The molecule has 0 amide bonds. The van der Waals surface area contributed by atoms with Crippen LogP contribution in [0.3, 0.4) is 0 Å². The Bertz CT molecular complexity index is 1040. The third-order valence-corrected chi connectivity index (χ3v) is 7.63. The van der Waals surface area contributed by atoms with Gasteiger partial charge in [0.2, 0.25) is 0 Å². The largest absolute Gasteiger partial charge is 0.305 e. The van der Waals surface area contributed by atoms with Crippen LogP contribution in [0, 0.1) is 29.0 Å². The first-order valence-electron chi connectivity index (χ1n) is 11.9. The minimum atomic E-state index is -0.182. The fourth-order valence-corrected chi connectivity index (χ4v) is 5.11. The maximum Gasteiger partial charge on any atom is 0.189 e. The van der Waals surface area contributed by atoms with Crippen LogP contribution < -0.4 is 0 Å². The van der Waals surface area contributed by atoms with Crippen molar-refractivity contribution in [3.63, 3.8) is 0 Å². The Hall–Kier alpha value is -2.59. The summed E-state index contributed by atoms with van der Waals surface area (Å²) in [5.41, 5.74) is 3.22. The minimum absolute atomic E-state index is 0.0299. The van der Waals surface area contributed by atoms with Gasteiger partial charge >= 0.3 is 0 Å². The van der Waals surface area contributed by atoms with Crippen LogP contribution in [0.1, 0.15) is 62.5 Å². The monoisotopic (exact) mass is 448 g/mol. The molecular formula is C29H37FN2O. The number of likely N-dealkylation sites (tertiary alicyclic amines) is 1. The van der Waals surface area contributed by atoms with Gasteiger partial charge < -0.3 is 10.3 Å². The average molecular weight is 449 g/mol. The van der Waals surface area contributed by atoms with Crippen LogP contribution in [0.25, 0.3) is 0 Å². The van der Waals surface area contributed by atoms with Gasteiger partial charge in [0, 0.05) is 35.8 Å². The molecule has 33 heavy (non-hydrogen) atoms. The van der Waals surface area contributed by atoms with E-state index in [-0.39, 0.29) is 28.9 Å². The topological polar surface area (TPSA) is 44.2 Å². The van der Waals surface area contributed by atoms with Crippen molar-refractivity contribution in [3.05, 3.63) is 83.2 Å². The maximum absolute atomic E-state index is 13.9. The normalized spacial score (nSPS) is 22.2. The third-order valence-electron chi connectivity index (χ3n) is 7.63. The summed E-state index contributed by atoms with van der Waals surface area (Å²) in [6.45, 7) is 17.3. The number of piperidine rings is 1. The van der Waals surface area contributed by atoms with E-state index >= 15 is 0 Å². The molecule has 1 fully saturated rings. The van der Waals surface area contributed by atoms with Crippen LogP contribution in [0.15, 0.2) is 60.7 Å². The first-order valence-corrected chi connectivity index (χ1v) is 11.9. The van der Waals surface area contributed by atoms with Gasteiger partial charge in [-0.05, 0) is 60.4 Å². The van der Waals surface area contributed by atoms with Crippen LogP contribution >= 0.6 is 0 Å². The average Bonchev–Trinajstić information content (AvgIpc) is 2.78. The number of Topliss-reactive ketones (excluding diaryl/α,β-unsaturated/α-hetero) is 1. The molecule has 0 aromatic heterocycles. The van der Waals surface area contributed by atoms with E-state index in [1.807, 2.05) is 24.3 Å². The Morgan fingerprint density at radius 2 is 1.88 bits per heavy atom. The molecule has 3 atom stereocenters. The molecule has 0 aliphatic carbocycles. The fraction of sp³-hybridized carbons (Fsp3) is 0.448. The maximum atomic E-state index is 13.9. The van der Waals surface area contributed by atoms with E-state index in [9.17, 15) is 9.18 Å². The lowest BCUT2D eigenvalue weighted by atomic mass is 9.68. The number of ketones is 1. The van der Waals surface area contributed by atoms with Crippen molar-refractivity contribution in [3.8, 4) is 0 Å². The number of nitrogens with zero attached hydrogens (tertiary/aromatic N) is 1. The fourth-order valence-electron chi connectivity index (χ4n) is 5.11. The Morgan fingerprint density at radius 3 is 2.45 bits per heavy atom. The van der Waals surface area contributed by atoms with Crippen molar-refractivity contribution in [2.24, 2.45) is 17.8 Å². The van der Waals surface area contributed by atoms with Crippen molar-refractivity contribution in [1.82, 2.24) is 4.90 Å². The van der Waals surface area contributed by atoms with E-state index in [1.165, 1.54) is 6.07 Å². The standard InChI is InChI=1S/C29H37FN2O/c1-19(2)27(21(4)28(33)26-13-8-7-12-25(26)22(5)31)18-32-15-14-29(6,20(3)17-32)23-10-9-11-24(30)16-23/h7-13,16,19-20,27,31H,4,14-15,17-18H2,1-3,5-6H3. The van der Waals surface area contributed by atoms with Gasteiger partial charge in [-0.25, -0.2) is 4.39 Å². The highest BCUT2D eigenvalue weighted by atomic mass is 19.1. The summed E-state index contributed by atoms with van der Waals surface area (Å²) < 4.78 is 13.9. The van der Waals surface area contributed by atoms with Crippen molar-refractivity contribution < 1.29 is 9.18 Å². The van der Waals surface area contributed by atoms with E-state index in [0.717, 1.165) is 31.6 Å².